The zero-order valence-electron chi connectivity index (χ0n) is 31.7. The molecule has 11 aromatic rings. The second-order valence-corrected chi connectivity index (χ2v) is 15.8. The minimum Gasteiger partial charge on any atom is -0.456 e. The highest BCUT2D eigenvalue weighted by atomic mass is 32.1. The minimum absolute atomic E-state index is 0.661. The molecule has 274 valence electrons. The van der Waals surface area contributed by atoms with Crippen LogP contribution in [-0.2, 0) is 6.42 Å². The molecule has 0 bridgehead atoms. The molecule has 0 spiro atoms. The smallest absolute Gasteiger partial charge is 0.165 e. The van der Waals surface area contributed by atoms with Gasteiger partial charge in [0.05, 0.1) is 0 Å². The maximum atomic E-state index is 6.17. The number of hydrogen-bond donors (Lipinski definition) is 0. The second-order valence-electron chi connectivity index (χ2n) is 14.8. The second kappa shape index (κ2) is 14.1. The summed E-state index contributed by atoms with van der Waals surface area (Å²) >= 11 is 1.83. The molecule has 5 heteroatoms. The highest BCUT2D eigenvalue weighted by Crippen LogP contribution is 2.43. The summed E-state index contributed by atoms with van der Waals surface area (Å²) in [5, 5.41) is 4.72. The summed E-state index contributed by atoms with van der Waals surface area (Å²) in [6, 6.07) is 64.1. The van der Waals surface area contributed by atoms with E-state index >= 15 is 0 Å². The molecule has 4 nitrogen and oxygen atoms in total. The minimum atomic E-state index is 0.661. The third kappa shape index (κ3) is 5.96. The fourth-order valence-corrected chi connectivity index (χ4v) is 9.59. The quantitative estimate of drug-likeness (QED) is 0.162. The molecular formula is C53H35N3OS. The van der Waals surface area contributed by atoms with Gasteiger partial charge in [-0.1, -0.05) is 152 Å². The number of aromatic nitrogens is 3. The Balaban J connectivity index is 1.04. The third-order valence-electron chi connectivity index (χ3n) is 11.2. The van der Waals surface area contributed by atoms with E-state index in [9.17, 15) is 0 Å². The standard InChI is InChI=1S/C53H35N3OS/c1-33-14-8-9-20-40(33)45-31-36(37-28-29-48-46(32-37)41-21-10-11-25-47(41)57-48)26-27-38(45)30-39-19-12-22-42-43-23-13-24-44(50(43)58-49(39)42)53-55-51(34-15-4-2-5-16-34)54-52(56-53)35-17-6-3-7-18-35/h2-29,31-32H,30H2,1H3. The van der Waals surface area contributed by atoms with E-state index in [-0.39, 0.29) is 0 Å². The van der Waals surface area contributed by atoms with Gasteiger partial charge >= 0.3 is 0 Å². The largest absolute Gasteiger partial charge is 0.456 e. The van der Waals surface area contributed by atoms with Gasteiger partial charge in [0.25, 0.3) is 0 Å². The van der Waals surface area contributed by atoms with Gasteiger partial charge in [-0.3, -0.25) is 0 Å². The van der Waals surface area contributed by atoms with Crippen molar-refractivity contribution in [3.8, 4) is 56.4 Å². The van der Waals surface area contributed by atoms with Crippen LogP contribution in [0.1, 0.15) is 16.7 Å². The van der Waals surface area contributed by atoms with Crippen LogP contribution in [0.25, 0.3) is 98.5 Å². The number of nitrogens with zero attached hydrogens (tertiary/aromatic N) is 3. The molecule has 0 N–H and O–H groups in total. The molecule has 3 aromatic heterocycles. The summed E-state index contributed by atoms with van der Waals surface area (Å²) in [5.41, 5.74) is 13.4. The summed E-state index contributed by atoms with van der Waals surface area (Å²) in [5.74, 6) is 1.99. The molecule has 0 saturated carbocycles. The number of aryl methyl sites for hydroxylation is 1. The predicted octanol–water partition coefficient (Wildman–Crippen LogP) is 14.4. The van der Waals surface area contributed by atoms with Gasteiger partial charge in [0.2, 0.25) is 0 Å². The van der Waals surface area contributed by atoms with Gasteiger partial charge in [0, 0.05) is 47.6 Å². The Morgan fingerprint density at radius 1 is 0.397 bits per heavy atom. The maximum absolute atomic E-state index is 6.17. The molecule has 0 fully saturated rings. The molecular weight excluding hydrogens is 727 g/mol. The lowest BCUT2D eigenvalue weighted by molar-refractivity contribution is 0.669. The van der Waals surface area contributed by atoms with E-state index in [1.165, 1.54) is 59.1 Å². The monoisotopic (exact) mass is 761 g/mol. The van der Waals surface area contributed by atoms with Crippen LogP contribution in [0.15, 0.2) is 186 Å². The Morgan fingerprint density at radius 2 is 0.983 bits per heavy atom. The predicted molar refractivity (Wildman–Crippen MR) is 241 cm³/mol. The van der Waals surface area contributed by atoms with E-state index in [0.717, 1.165) is 45.0 Å². The van der Waals surface area contributed by atoms with Crippen LogP contribution in [0.2, 0.25) is 0 Å². The van der Waals surface area contributed by atoms with E-state index in [4.69, 9.17) is 19.4 Å². The Bertz CT molecular complexity index is 3270. The van der Waals surface area contributed by atoms with E-state index < -0.39 is 0 Å². The number of thiophene rings is 1. The first kappa shape index (κ1) is 34.1. The number of furan rings is 1. The van der Waals surface area contributed by atoms with Gasteiger partial charge in [0.1, 0.15) is 11.2 Å². The van der Waals surface area contributed by atoms with E-state index in [2.05, 4.69) is 140 Å². The molecule has 0 saturated heterocycles. The molecule has 0 aliphatic heterocycles. The van der Waals surface area contributed by atoms with Gasteiger partial charge in [-0.05, 0) is 82.6 Å². The van der Waals surface area contributed by atoms with Crippen molar-refractivity contribution in [1.29, 1.82) is 0 Å². The molecule has 11 rings (SSSR count). The van der Waals surface area contributed by atoms with Gasteiger partial charge < -0.3 is 4.42 Å². The topological polar surface area (TPSA) is 51.8 Å². The number of benzene rings is 8. The molecule has 0 atom stereocenters. The van der Waals surface area contributed by atoms with Crippen LogP contribution in [0.5, 0.6) is 0 Å². The third-order valence-corrected chi connectivity index (χ3v) is 12.5. The average Bonchev–Trinajstić information content (AvgIpc) is 3.86. The highest BCUT2D eigenvalue weighted by molar-refractivity contribution is 7.26. The lowest BCUT2D eigenvalue weighted by atomic mass is 9.89. The lowest BCUT2D eigenvalue weighted by Crippen LogP contribution is -2.00. The van der Waals surface area contributed by atoms with E-state index in [1.807, 2.05) is 59.9 Å². The first-order chi connectivity index (χ1) is 28.6. The average molecular weight is 762 g/mol. The summed E-state index contributed by atoms with van der Waals surface area (Å²) in [7, 11) is 0. The van der Waals surface area contributed by atoms with Crippen molar-refractivity contribution in [3.63, 3.8) is 0 Å². The van der Waals surface area contributed by atoms with Crippen LogP contribution >= 0.6 is 11.3 Å². The van der Waals surface area contributed by atoms with Gasteiger partial charge in [-0.15, -0.1) is 11.3 Å². The maximum Gasteiger partial charge on any atom is 0.165 e. The Labute approximate surface area is 339 Å². The fraction of sp³-hybridized carbons (Fsp3) is 0.0377. The summed E-state index contributed by atoms with van der Waals surface area (Å²) in [4.78, 5) is 15.2. The normalized spacial score (nSPS) is 11.6. The first-order valence-corrected chi connectivity index (χ1v) is 20.4. The van der Waals surface area contributed by atoms with Crippen LogP contribution in [0.3, 0.4) is 0 Å². The number of hydrogen-bond acceptors (Lipinski definition) is 5. The first-order valence-electron chi connectivity index (χ1n) is 19.6. The van der Waals surface area contributed by atoms with Gasteiger partial charge in [0.15, 0.2) is 17.5 Å². The molecule has 8 aromatic carbocycles. The Morgan fingerprint density at radius 3 is 1.76 bits per heavy atom. The molecule has 3 heterocycles. The molecule has 0 radical (unpaired) electrons. The Kier molecular flexibility index (Phi) is 8.26. The number of para-hydroxylation sites is 1. The van der Waals surface area contributed by atoms with Crippen molar-refractivity contribution in [1.82, 2.24) is 15.0 Å². The van der Waals surface area contributed by atoms with Gasteiger partial charge in [-0.25, -0.2) is 15.0 Å². The molecule has 0 amide bonds. The summed E-state index contributed by atoms with van der Waals surface area (Å²) in [6.07, 6.45) is 0.789. The summed E-state index contributed by atoms with van der Waals surface area (Å²) < 4.78 is 8.62. The van der Waals surface area contributed by atoms with Crippen molar-refractivity contribution in [2.75, 3.05) is 0 Å². The fourth-order valence-electron chi connectivity index (χ4n) is 8.27. The van der Waals surface area contributed by atoms with Crippen LogP contribution < -0.4 is 0 Å². The number of fused-ring (bicyclic) bond motifs is 6. The van der Waals surface area contributed by atoms with Crippen molar-refractivity contribution >= 4 is 53.4 Å². The van der Waals surface area contributed by atoms with Crippen LogP contribution in [-0.4, -0.2) is 15.0 Å². The molecule has 0 aliphatic rings. The summed E-state index contributed by atoms with van der Waals surface area (Å²) in [6.45, 7) is 2.21. The van der Waals surface area contributed by atoms with Crippen molar-refractivity contribution in [2.45, 2.75) is 13.3 Å². The highest BCUT2D eigenvalue weighted by Gasteiger charge is 2.19. The van der Waals surface area contributed by atoms with Crippen molar-refractivity contribution in [3.05, 3.63) is 199 Å². The van der Waals surface area contributed by atoms with E-state index in [0.29, 0.717) is 17.5 Å². The van der Waals surface area contributed by atoms with Crippen molar-refractivity contribution in [2.24, 2.45) is 0 Å². The molecule has 0 unspecified atom stereocenters. The lowest BCUT2D eigenvalue weighted by Gasteiger charge is -2.15. The van der Waals surface area contributed by atoms with Crippen LogP contribution in [0, 0.1) is 6.92 Å². The zero-order valence-corrected chi connectivity index (χ0v) is 32.5. The van der Waals surface area contributed by atoms with Crippen molar-refractivity contribution < 1.29 is 4.42 Å². The molecule has 58 heavy (non-hydrogen) atoms. The Hall–Kier alpha value is -7.21. The van der Waals surface area contributed by atoms with E-state index in [1.54, 1.807) is 0 Å². The van der Waals surface area contributed by atoms with Crippen LogP contribution in [0.4, 0.5) is 0 Å². The zero-order chi connectivity index (χ0) is 38.6. The molecule has 0 aliphatic carbocycles. The SMILES string of the molecule is Cc1ccccc1-c1cc(-c2ccc3oc4ccccc4c3c2)ccc1Cc1cccc2c1sc1c(-c3nc(-c4ccccc4)nc(-c4ccccc4)n3)cccc12. The van der Waals surface area contributed by atoms with Gasteiger partial charge in [-0.2, -0.15) is 0 Å². The number of rotatable bonds is 7.